The molecule has 0 spiro atoms. The van der Waals surface area contributed by atoms with Gasteiger partial charge in [0.2, 0.25) is 5.91 Å². The van der Waals surface area contributed by atoms with Gasteiger partial charge in [-0.1, -0.05) is 31.4 Å². The summed E-state index contributed by atoms with van der Waals surface area (Å²) in [6.07, 6.45) is 8.69. The first-order chi connectivity index (χ1) is 16.2. The summed E-state index contributed by atoms with van der Waals surface area (Å²) in [6.45, 7) is 0. The molecule has 1 aliphatic carbocycles. The fourth-order valence-electron chi connectivity index (χ4n) is 4.41. The van der Waals surface area contributed by atoms with Gasteiger partial charge >= 0.3 is 0 Å². The van der Waals surface area contributed by atoms with Crippen molar-refractivity contribution < 1.29 is 9.59 Å². The summed E-state index contributed by atoms with van der Waals surface area (Å²) in [4.78, 5) is 32.3. The van der Waals surface area contributed by atoms with E-state index in [-0.39, 0.29) is 17.7 Å². The topological polar surface area (TPSA) is 86.9 Å². The zero-order valence-corrected chi connectivity index (χ0v) is 18.3. The average Bonchev–Trinajstić information content (AvgIpc) is 3.29. The molecule has 2 aromatic carbocycles. The number of aromatic amines is 1. The first kappa shape index (κ1) is 20.9. The second-order valence-electron chi connectivity index (χ2n) is 8.58. The van der Waals surface area contributed by atoms with E-state index in [1.165, 1.54) is 6.42 Å². The van der Waals surface area contributed by atoms with Gasteiger partial charge in [-0.15, -0.1) is 0 Å². The van der Waals surface area contributed by atoms with Crippen molar-refractivity contribution in [2.24, 2.45) is 5.92 Å². The number of carbonyl (C=O) groups excluding carboxylic acids is 2. The molecule has 166 valence electrons. The molecule has 5 rings (SSSR count). The van der Waals surface area contributed by atoms with E-state index in [1.807, 2.05) is 42.5 Å². The number of rotatable bonds is 5. The average molecular weight is 439 g/mol. The van der Waals surface area contributed by atoms with Crippen molar-refractivity contribution in [3.05, 3.63) is 78.6 Å². The number of amides is 2. The highest BCUT2D eigenvalue weighted by atomic mass is 16.2. The number of fused-ring (bicyclic) bond motifs is 1. The Morgan fingerprint density at radius 2 is 1.67 bits per heavy atom. The molecule has 2 amide bonds. The number of carbonyl (C=O) groups is 2. The van der Waals surface area contributed by atoms with Crippen molar-refractivity contribution in [2.75, 3.05) is 10.6 Å². The fraction of sp³-hybridized carbons (Fsp3) is 0.222. The van der Waals surface area contributed by atoms with Crippen LogP contribution in [0.1, 0.15) is 42.5 Å². The Bertz CT molecular complexity index is 1270. The molecule has 6 heteroatoms. The lowest BCUT2D eigenvalue weighted by Gasteiger charge is -2.20. The van der Waals surface area contributed by atoms with Crippen LogP contribution in [-0.2, 0) is 4.79 Å². The second kappa shape index (κ2) is 9.28. The Balaban J connectivity index is 1.28. The molecule has 1 aliphatic rings. The molecule has 6 nitrogen and oxygen atoms in total. The lowest BCUT2D eigenvalue weighted by atomic mass is 9.88. The van der Waals surface area contributed by atoms with E-state index in [9.17, 15) is 9.59 Å². The molecule has 4 aromatic rings. The van der Waals surface area contributed by atoms with Crippen molar-refractivity contribution in [1.82, 2.24) is 9.97 Å². The van der Waals surface area contributed by atoms with Gasteiger partial charge in [0, 0.05) is 46.3 Å². The number of nitrogens with one attached hydrogen (secondary N) is 3. The normalized spacial score (nSPS) is 14.2. The molecule has 2 aromatic heterocycles. The third-order valence-corrected chi connectivity index (χ3v) is 6.24. The van der Waals surface area contributed by atoms with Gasteiger partial charge in [0.25, 0.3) is 5.91 Å². The van der Waals surface area contributed by atoms with Gasteiger partial charge in [0.05, 0.1) is 5.56 Å². The Morgan fingerprint density at radius 3 is 2.42 bits per heavy atom. The van der Waals surface area contributed by atoms with Crippen LogP contribution >= 0.6 is 0 Å². The van der Waals surface area contributed by atoms with Crippen molar-refractivity contribution in [2.45, 2.75) is 32.1 Å². The fourth-order valence-corrected chi connectivity index (χ4v) is 4.41. The quantitative estimate of drug-likeness (QED) is 0.357. The van der Waals surface area contributed by atoms with Crippen molar-refractivity contribution >= 4 is 34.1 Å². The van der Waals surface area contributed by atoms with Gasteiger partial charge in [-0.3, -0.25) is 14.6 Å². The number of hydrogen-bond acceptors (Lipinski definition) is 3. The van der Waals surface area contributed by atoms with Gasteiger partial charge < -0.3 is 15.6 Å². The number of hydrogen-bond donors (Lipinski definition) is 3. The molecule has 0 radical (unpaired) electrons. The van der Waals surface area contributed by atoms with Crippen LogP contribution in [0.3, 0.4) is 0 Å². The summed E-state index contributed by atoms with van der Waals surface area (Å²) in [6, 6.07) is 19.2. The van der Waals surface area contributed by atoms with E-state index >= 15 is 0 Å². The second-order valence-corrected chi connectivity index (χ2v) is 8.58. The number of anilines is 2. The predicted molar refractivity (Wildman–Crippen MR) is 131 cm³/mol. The Morgan fingerprint density at radius 1 is 0.879 bits per heavy atom. The van der Waals surface area contributed by atoms with Gasteiger partial charge in [-0.25, -0.2) is 0 Å². The summed E-state index contributed by atoms with van der Waals surface area (Å²) in [5.74, 6) is 0.0815. The summed E-state index contributed by atoms with van der Waals surface area (Å²) in [5.41, 5.74) is 5.06. The number of benzene rings is 2. The molecule has 0 unspecified atom stereocenters. The van der Waals surface area contributed by atoms with Crippen molar-refractivity contribution in [1.29, 1.82) is 0 Å². The largest absolute Gasteiger partial charge is 0.355 e. The number of nitrogens with zero attached hydrogens (tertiary/aromatic N) is 1. The maximum atomic E-state index is 12.5. The molecule has 33 heavy (non-hydrogen) atoms. The van der Waals surface area contributed by atoms with E-state index in [4.69, 9.17) is 0 Å². The maximum absolute atomic E-state index is 12.5. The van der Waals surface area contributed by atoms with Crippen LogP contribution in [0.4, 0.5) is 11.4 Å². The van der Waals surface area contributed by atoms with E-state index < -0.39 is 0 Å². The van der Waals surface area contributed by atoms with Crippen LogP contribution < -0.4 is 10.6 Å². The molecule has 2 heterocycles. The zero-order chi connectivity index (χ0) is 22.6. The standard InChI is InChI=1S/C27H26N4O2/c32-26(19-5-2-1-3-6-19)29-22-10-8-18(9-11-22)25-16-21-15-23(12-13-24(21)31-25)30-27(33)20-7-4-14-28-17-20/h4,7-17,19,31H,1-3,5-6H2,(H,29,32)(H,30,33). The number of pyridine rings is 1. The van der Waals surface area contributed by atoms with Crippen LogP contribution in [0.25, 0.3) is 22.2 Å². The monoisotopic (exact) mass is 438 g/mol. The SMILES string of the molecule is O=C(Nc1ccc2[nH]c(-c3ccc(NC(=O)C4CCCCC4)cc3)cc2c1)c1cccnc1. The first-order valence-electron chi connectivity index (χ1n) is 11.4. The molecular weight excluding hydrogens is 412 g/mol. The number of H-pyrrole nitrogens is 1. The summed E-state index contributed by atoms with van der Waals surface area (Å²) in [5, 5.41) is 6.98. The molecule has 3 N–H and O–H groups in total. The molecule has 1 saturated carbocycles. The van der Waals surface area contributed by atoms with Gasteiger partial charge in [-0.2, -0.15) is 0 Å². The van der Waals surface area contributed by atoms with Crippen LogP contribution in [0, 0.1) is 5.92 Å². The zero-order valence-electron chi connectivity index (χ0n) is 18.3. The van der Waals surface area contributed by atoms with Crippen molar-refractivity contribution in [3.63, 3.8) is 0 Å². The Hall–Kier alpha value is -3.93. The summed E-state index contributed by atoms with van der Waals surface area (Å²) in [7, 11) is 0. The Kier molecular flexibility index (Phi) is 5.89. The van der Waals surface area contributed by atoms with Crippen LogP contribution in [0.2, 0.25) is 0 Å². The smallest absolute Gasteiger partial charge is 0.257 e. The van der Waals surface area contributed by atoms with Crippen LogP contribution in [0.5, 0.6) is 0 Å². The highest BCUT2D eigenvalue weighted by Gasteiger charge is 2.21. The maximum Gasteiger partial charge on any atom is 0.257 e. The predicted octanol–water partition coefficient (Wildman–Crippen LogP) is 6.00. The third-order valence-electron chi connectivity index (χ3n) is 6.24. The first-order valence-corrected chi connectivity index (χ1v) is 11.4. The lowest BCUT2D eigenvalue weighted by Crippen LogP contribution is -2.24. The molecule has 0 atom stereocenters. The minimum Gasteiger partial charge on any atom is -0.355 e. The molecule has 0 saturated heterocycles. The van der Waals surface area contributed by atoms with E-state index in [0.29, 0.717) is 5.56 Å². The van der Waals surface area contributed by atoms with Gasteiger partial charge in [0.1, 0.15) is 0 Å². The highest BCUT2D eigenvalue weighted by molar-refractivity contribution is 6.05. The molecule has 1 fully saturated rings. The van der Waals surface area contributed by atoms with Gasteiger partial charge in [-0.05, 0) is 66.9 Å². The van der Waals surface area contributed by atoms with E-state index in [1.54, 1.807) is 24.5 Å². The van der Waals surface area contributed by atoms with Crippen molar-refractivity contribution in [3.8, 4) is 11.3 Å². The van der Waals surface area contributed by atoms with Crippen LogP contribution in [-0.4, -0.2) is 21.8 Å². The minimum absolute atomic E-state index is 0.133. The number of aromatic nitrogens is 2. The van der Waals surface area contributed by atoms with Gasteiger partial charge in [0.15, 0.2) is 0 Å². The van der Waals surface area contributed by atoms with Crippen LogP contribution in [0.15, 0.2) is 73.1 Å². The Labute approximate surface area is 192 Å². The molecule has 0 aliphatic heterocycles. The summed E-state index contributed by atoms with van der Waals surface area (Å²) < 4.78 is 0. The third kappa shape index (κ3) is 4.80. The van der Waals surface area contributed by atoms with E-state index in [0.717, 1.165) is 59.2 Å². The summed E-state index contributed by atoms with van der Waals surface area (Å²) >= 11 is 0. The minimum atomic E-state index is -0.191. The lowest BCUT2D eigenvalue weighted by molar-refractivity contribution is -0.120. The molecule has 0 bridgehead atoms. The van der Waals surface area contributed by atoms with E-state index in [2.05, 4.69) is 26.7 Å². The molecular formula is C27H26N4O2. The highest BCUT2D eigenvalue weighted by Crippen LogP contribution is 2.28.